The van der Waals surface area contributed by atoms with Gasteiger partial charge in [0.1, 0.15) is 6.61 Å². The van der Waals surface area contributed by atoms with Crippen LogP contribution in [0, 0.1) is 12.3 Å². The molecule has 0 aromatic heterocycles. The highest BCUT2D eigenvalue weighted by Crippen LogP contribution is 2.46. The summed E-state index contributed by atoms with van der Waals surface area (Å²) in [7, 11) is -2.92. The molecule has 0 heterocycles. The van der Waals surface area contributed by atoms with E-state index in [4.69, 9.17) is 15.5 Å². The minimum Gasteiger partial charge on any atom is -0.301 e. The zero-order chi connectivity index (χ0) is 9.03. The van der Waals surface area contributed by atoms with Gasteiger partial charge in [-0.3, -0.25) is 9.09 Å². The van der Waals surface area contributed by atoms with Gasteiger partial charge in [-0.15, -0.1) is 6.42 Å². The van der Waals surface area contributed by atoms with Crippen LogP contribution in [-0.4, -0.2) is 19.4 Å². The summed E-state index contributed by atoms with van der Waals surface area (Å²) in [5.74, 6) is 2.24. The van der Waals surface area contributed by atoms with Gasteiger partial charge < -0.3 is 4.52 Å². The lowest BCUT2D eigenvalue weighted by atomic mass is 10.1. The average molecular weight is 186 g/mol. The monoisotopic (exact) mass is 186 g/mol. The van der Waals surface area contributed by atoms with E-state index in [0.717, 1.165) is 6.42 Å². The molecular weight excluding hydrogens is 175 g/mol. The second-order valence-electron chi connectivity index (χ2n) is 2.56. The second kappa shape index (κ2) is 3.91. The van der Waals surface area contributed by atoms with Crippen molar-refractivity contribution in [1.82, 2.24) is 0 Å². The molecule has 0 fully saturated rings. The molecule has 0 aromatic rings. The Morgan fingerprint density at radius 2 is 2.50 bits per heavy atom. The highest BCUT2D eigenvalue weighted by Gasteiger charge is 2.23. The van der Waals surface area contributed by atoms with E-state index in [1.165, 1.54) is 6.66 Å². The molecule has 0 aromatic carbocycles. The topological polar surface area (TPSA) is 35.5 Å². The van der Waals surface area contributed by atoms with Crippen molar-refractivity contribution in [1.29, 1.82) is 0 Å². The van der Waals surface area contributed by atoms with Crippen molar-refractivity contribution in [2.75, 3.05) is 13.3 Å². The van der Waals surface area contributed by atoms with Crippen LogP contribution in [0.4, 0.5) is 0 Å². The van der Waals surface area contributed by atoms with Crippen molar-refractivity contribution >= 4 is 7.60 Å². The molecule has 12 heavy (non-hydrogen) atoms. The lowest BCUT2D eigenvalue weighted by Crippen LogP contribution is -2.13. The van der Waals surface area contributed by atoms with E-state index in [-0.39, 0.29) is 12.7 Å². The first-order chi connectivity index (χ1) is 5.64. The molecule has 2 atom stereocenters. The van der Waals surface area contributed by atoms with Crippen molar-refractivity contribution in [3.8, 4) is 12.3 Å². The minimum atomic E-state index is -2.92. The molecule has 0 radical (unpaired) electrons. The number of terminal acetylenes is 1. The maximum Gasteiger partial charge on any atom is 0.329 e. The van der Waals surface area contributed by atoms with Gasteiger partial charge >= 0.3 is 7.60 Å². The largest absolute Gasteiger partial charge is 0.329 e. The van der Waals surface area contributed by atoms with Crippen molar-refractivity contribution in [3.05, 3.63) is 12.2 Å². The molecule has 0 spiro atoms. The number of hydrogen-bond acceptors (Lipinski definition) is 3. The molecule has 1 aliphatic carbocycles. The summed E-state index contributed by atoms with van der Waals surface area (Å²) in [5.41, 5.74) is 0. The van der Waals surface area contributed by atoms with Crippen molar-refractivity contribution in [3.63, 3.8) is 0 Å². The van der Waals surface area contributed by atoms with Crippen LogP contribution >= 0.6 is 7.60 Å². The molecule has 0 amide bonds. The van der Waals surface area contributed by atoms with Crippen LogP contribution in [0.15, 0.2) is 12.2 Å². The van der Waals surface area contributed by atoms with E-state index in [2.05, 4.69) is 5.92 Å². The average Bonchev–Trinajstić information content (AvgIpc) is 1.94. The predicted octanol–water partition coefficient (Wildman–Crippen LogP) is 1.80. The SMILES string of the molecule is C#CCOP(C)(=O)OC1C=CC1. The summed E-state index contributed by atoms with van der Waals surface area (Å²) >= 11 is 0. The highest BCUT2D eigenvalue weighted by atomic mass is 31.2. The smallest absolute Gasteiger partial charge is 0.301 e. The van der Waals surface area contributed by atoms with Gasteiger partial charge in [0.15, 0.2) is 0 Å². The summed E-state index contributed by atoms with van der Waals surface area (Å²) in [6.07, 6.45) is 9.49. The highest BCUT2D eigenvalue weighted by molar-refractivity contribution is 7.53. The Morgan fingerprint density at radius 1 is 1.83 bits per heavy atom. The molecule has 3 nitrogen and oxygen atoms in total. The summed E-state index contributed by atoms with van der Waals surface area (Å²) in [4.78, 5) is 0. The quantitative estimate of drug-likeness (QED) is 0.381. The van der Waals surface area contributed by atoms with E-state index < -0.39 is 7.60 Å². The van der Waals surface area contributed by atoms with Gasteiger partial charge in [-0.05, 0) is 6.42 Å². The lowest BCUT2D eigenvalue weighted by Gasteiger charge is -2.22. The second-order valence-corrected chi connectivity index (χ2v) is 4.57. The van der Waals surface area contributed by atoms with Gasteiger partial charge in [-0.25, -0.2) is 0 Å². The fourth-order valence-corrected chi connectivity index (χ4v) is 1.77. The third-order valence-corrected chi connectivity index (χ3v) is 2.68. The fourth-order valence-electron chi connectivity index (χ4n) is 0.756. The summed E-state index contributed by atoms with van der Waals surface area (Å²) < 4.78 is 21.4. The standard InChI is InChI=1S/C8H11O3P/c1-3-7-10-12(2,9)11-8-5-4-6-8/h1,4-5,8H,6-7H2,2H3. The third kappa shape index (κ3) is 2.83. The van der Waals surface area contributed by atoms with Crippen LogP contribution < -0.4 is 0 Å². The van der Waals surface area contributed by atoms with Crippen molar-refractivity contribution < 1.29 is 13.6 Å². The van der Waals surface area contributed by atoms with Gasteiger partial charge in [-0.1, -0.05) is 18.1 Å². The maximum atomic E-state index is 11.4. The Bertz CT molecular complexity index is 264. The van der Waals surface area contributed by atoms with Crippen LogP contribution in [0.2, 0.25) is 0 Å². The van der Waals surface area contributed by atoms with Crippen LogP contribution in [0.5, 0.6) is 0 Å². The van der Waals surface area contributed by atoms with Gasteiger partial charge in [-0.2, -0.15) is 0 Å². The van der Waals surface area contributed by atoms with Crippen molar-refractivity contribution in [2.45, 2.75) is 12.5 Å². The maximum absolute atomic E-state index is 11.4. The number of rotatable bonds is 4. The Balaban J connectivity index is 2.33. The van der Waals surface area contributed by atoms with E-state index in [1.54, 1.807) is 0 Å². The summed E-state index contributed by atoms with van der Waals surface area (Å²) in [6, 6.07) is 0. The lowest BCUT2D eigenvalue weighted by molar-refractivity contribution is 0.180. The molecule has 0 saturated heterocycles. The van der Waals surface area contributed by atoms with Crippen LogP contribution in [0.3, 0.4) is 0 Å². The Labute approximate surface area is 72.3 Å². The molecule has 1 rings (SSSR count). The summed E-state index contributed by atoms with van der Waals surface area (Å²) in [6.45, 7) is 1.46. The molecule has 0 aliphatic heterocycles. The van der Waals surface area contributed by atoms with Crippen LogP contribution in [0.1, 0.15) is 6.42 Å². The van der Waals surface area contributed by atoms with E-state index in [9.17, 15) is 4.57 Å². The molecule has 0 N–H and O–H groups in total. The van der Waals surface area contributed by atoms with Crippen LogP contribution in [-0.2, 0) is 13.6 Å². The molecule has 2 unspecified atom stereocenters. The Morgan fingerprint density at radius 3 is 2.92 bits per heavy atom. The molecule has 1 aliphatic rings. The molecule has 66 valence electrons. The molecular formula is C8H11O3P. The van der Waals surface area contributed by atoms with E-state index in [1.807, 2.05) is 12.2 Å². The Kier molecular flexibility index (Phi) is 3.11. The molecule has 0 saturated carbocycles. The summed E-state index contributed by atoms with van der Waals surface area (Å²) in [5, 5.41) is 0. The zero-order valence-electron chi connectivity index (χ0n) is 6.90. The minimum absolute atomic E-state index is 0.0320. The molecule has 4 heteroatoms. The normalized spacial score (nSPS) is 25.5. The van der Waals surface area contributed by atoms with Gasteiger partial charge in [0, 0.05) is 6.66 Å². The first-order valence-electron chi connectivity index (χ1n) is 3.64. The Hall–Kier alpha value is -0.550. The van der Waals surface area contributed by atoms with Gasteiger partial charge in [0.25, 0.3) is 0 Å². The van der Waals surface area contributed by atoms with E-state index in [0.29, 0.717) is 0 Å². The fraction of sp³-hybridized carbons (Fsp3) is 0.500. The van der Waals surface area contributed by atoms with E-state index >= 15 is 0 Å². The van der Waals surface area contributed by atoms with Crippen LogP contribution in [0.25, 0.3) is 0 Å². The van der Waals surface area contributed by atoms with Gasteiger partial charge in [0.2, 0.25) is 0 Å². The first kappa shape index (κ1) is 9.54. The third-order valence-electron chi connectivity index (χ3n) is 1.43. The predicted molar refractivity (Wildman–Crippen MR) is 46.9 cm³/mol. The van der Waals surface area contributed by atoms with Gasteiger partial charge in [0.05, 0.1) is 6.10 Å². The zero-order valence-corrected chi connectivity index (χ0v) is 7.79. The first-order valence-corrected chi connectivity index (χ1v) is 5.63. The van der Waals surface area contributed by atoms with Crippen molar-refractivity contribution in [2.24, 2.45) is 0 Å². The molecule has 0 bridgehead atoms. The number of hydrogen-bond donors (Lipinski definition) is 0.